The average molecular weight is 891 g/mol. The molecule has 0 aliphatic carbocycles. The van der Waals surface area contributed by atoms with Crippen molar-refractivity contribution in [2.75, 3.05) is 0 Å². The number of fused-ring (bicyclic) bond motifs is 4. The van der Waals surface area contributed by atoms with Gasteiger partial charge in [0.1, 0.15) is 0 Å². The van der Waals surface area contributed by atoms with Crippen molar-refractivity contribution in [1.29, 1.82) is 0 Å². The van der Waals surface area contributed by atoms with Gasteiger partial charge >= 0.3 is 54.7 Å². The van der Waals surface area contributed by atoms with Crippen molar-refractivity contribution in [2.24, 2.45) is 0 Å². The molecule has 0 fully saturated rings. The van der Waals surface area contributed by atoms with Crippen LogP contribution in [0.5, 0.6) is 0 Å². The summed E-state index contributed by atoms with van der Waals surface area (Å²) in [5.74, 6) is 4.48. The summed E-state index contributed by atoms with van der Waals surface area (Å²) in [6, 6.07) is 52.9. The Morgan fingerprint density at radius 1 is 0.479 bits per heavy atom. The van der Waals surface area contributed by atoms with Gasteiger partial charge in [-0.25, -0.2) is 0 Å². The summed E-state index contributed by atoms with van der Waals surface area (Å²) in [4.78, 5) is 0. The first-order valence-electron chi connectivity index (χ1n) is 16.7. The van der Waals surface area contributed by atoms with Crippen molar-refractivity contribution >= 4 is 70.3 Å². The van der Waals surface area contributed by atoms with E-state index in [1.807, 2.05) is 0 Å². The molecular formula is C44H40Cl2GeHf-2. The van der Waals surface area contributed by atoms with Crippen LogP contribution in [0.2, 0.25) is 11.5 Å². The monoisotopic (exact) mass is 892 g/mol. The molecule has 240 valence electrons. The topological polar surface area (TPSA) is 0 Å². The van der Waals surface area contributed by atoms with Crippen molar-refractivity contribution in [1.82, 2.24) is 0 Å². The van der Waals surface area contributed by atoms with Gasteiger partial charge in [0, 0.05) is 0 Å². The second-order valence-corrected chi connectivity index (χ2v) is 64.3. The normalized spacial score (nSPS) is 10.9. The molecule has 0 saturated heterocycles. The molecule has 48 heavy (non-hydrogen) atoms. The minimum absolute atomic E-state index is 0.719. The fraction of sp³-hybridized carbons (Fsp3) is 0.136. The standard InChI is InChI=1S/2C21H17.C2H6Ge.2ClH.Hf/c2*1-2-15-13-17-9-6-12-20(21(17)14-15)19-11-5-8-16-7-3-4-10-18(16)19;1-3-2;;;/h2*3-14H,2H2,1H3;1-2H3;2*1H;/q2*-1;;;;+2/p-2. The summed E-state index contributed by atoms with van der Waals surface area (Å²) in [6.07, 6.45) is 2.17. The van der Waals surface area contributed by atoms with E-state index in [-0.39, 0.29) is 0 Å². The van der Waals surface area contributed by atoms with E-state index in [9.17, 15) is 0 Å². The third kappa shape index (κ3) is 7.76. The average Bonchev–Trinajstić information content (AvgIpc) is 3.76. The Hall–Kier alpha value is -2.95. The van der Waals surface area contributed by atoms with Crippen LogP contribution in [-0.4, -0.2) is 10.1 Å². The van der Waals surface area contributed by atoms with E-state index in [0.29, 0.717) is 0 Å². The van der Waals surface area contributed by atoms with Gasteiger partial charge in [-0.2, -0.15) is 12.1 Å². The maximum atomic E-state index is 5.67. The van der Waals surface area contributed by atoms with Gasteiger partial charge in [0.15, 0.2) is 0 Å². The summed E-state index contributed by atoms with van der Waals surface area (Å²) in [7, 11) is 10.6. The molecule has 0 aliphatic rings. The molecule has 0 spiro atoms. The molecule has 0 unspecified atom stereocenters. The molecule has 0 amide bonds. The van der Waals surface area contributed by atoms with Crippen LogP contribution in [-0.2, 0) is 28.8 Å². The van der Waals surface area contributed by atoms with Crippen molar-refractivity contribution in [3.8, 4) is 22.3 Å². The number of benzene rings is 6. The fourth-order valence-corrected chi connectivity index (χ4v) is 6.39. The van der Waals surface area contributed by atoms with Gasteiger partial charge < -0.3 is 0 Å². The molecule has 0 saturated carbocycles. The molecule has 8 aromatic rings. The number of aryl methyl sites for hydroxylation is 2. The van der Waals surface area contributed by atoms with Crippen LogP contribution >= 0.6 is 17.2 Å². The van der Waals surface area contributed by atoms with Crippen LogP contribution < -0.4 is 0 Å². The quantitative estimate of drug-likeness (QED) is 0.122. The number of rotatable bonds is 4. The first kappa shape index (κ1) is 34.9. The van der Waals surface area contributed by atoms with Crippen LogP contribution in [0, 0.1) is 0 Å². The summed E-state index contributed by atoms with van der Waals surface area (Å²) in [5, 5.41) is 10.7. The molecule has 0 aliphatic heterocycles. The summed E-state index contributed by atoms with van der Waals surface area (Å²) < 4.78 is 0. The van der Waals surface area contributed by atoms with E-state index < -0.39 is 26.0 Å². The Morgan fingerprint density at radius 2 is 0.812 bits per heavy atom. The van der Waals surface area contributed by atoms with Crippen molar-refractivity contribution < 1.29 is 16.0 Å². The molecule has 4 heteroatoms. The predicted molar refractivity (Wildman–Crippen MR) is 213 cm³/mol. The first-order chi connectivity index (χ1) is 23.4. The van der Waals surface area contributed by atoms with E-state index in [0.717, 1.165) is 12.8 Å². The van der Waals surface area contributed by atoms with Crippen LogP contribution in [0.4, 0.5) is 0 Å². The Labute approximate surface area is 300 Å². The SMILES string of the molecule is CCc1cc2c(-c3cccc4ccccc34)cccc2[cH-]1.CCc1cc2c(-c3cccc4ccccc34)cccc2[cH-]1.[CH3][Ge]([CH3])=[Hf]([Cl])[Cl]. The van der Waals surface area contributed by atoms with Crippen LogP contribution in [0.3, 0.4) is 0 Å². The molecule has 0 heterocycles. The molecule has 0 nitrogen and oxygen atoms in total. The molecule has 8 rings (SSSR count). The van der Waals surface area contributed by atoms with Gasteiger partial charge in [-0.3, -0.25) is 0 Å². The van der Waals surface area contributed by atoms with E-state index in [4.69, 9.17) is 17.2 Å². The van der Waals surface area contributed by atoms with E-state index in [1.165, 1.54) is 76.5 Å². The van der Waals surface area contributed by atoms with Crippen molar-refractivity contribution in [3.63, 3.8) is 0 Å². The van der Waals surface area contributed by atoms with E-state index in [1.54, 1.807) is 0 Å². The molecule has 0 radical (unpaired) electrons. The Kier molecular flexibility index (Phi) is 11.8. The maximum absolute atomic E-state index is 5.67. The molecule has 0 bridgehead atoms. The Morgan fingerprint density at radius 3 is 1.19 bits per heavy atom. The molecule has 0 atom stereocenters. The minimum atomic E-state index is -1.72. The van der Waals surface area contributed by atoms with Crippen molar-refractivity contribution in [3.05, 3.63) is 157 Å². The molecular weight excluding hydrogens is 850 g/mol. The fourth-order valence-electron chi connectivity index (χ4n) is 6.39. The Balaban J connectivity index is 0.000000144. The van der Waals surface area contributed by atoms with Gasteiger partial charge in [0.25, 0.3) is 0 Å². The Bertz CT molecular complexity index is 2190. The third-order valence-electron chi connectivity index (χ3n) is 8.98. The van der Waals surface area contributed by atoms with Gasteiger partial charge in [-0.1, -0.05) is 122 Å². The van der Waals surface area contributed by atoms with Gasteiger partial charge in [-0.05, 0) is 45.5 Å². The predicted octanol–water partition coefficient (Wildman–Crippen LogP) is 14.0. The summed E-state index contributed by atoms with van der Waals surface area (Å²) >= 11 is -1.72. The van der Waals surface area contributed by atoms with Crippen molar-refractivity contribution in [2.45, 2.75) is 38.2 Å². The second-order valence-electron chi connectivity index (χ2n) is 12.4. The van der Waals surface area contributed by atoms with E-state index in [2.05, 4.69) is 171 Å². The first-order valence-corrected chi connectivity index (χ1v) is 40.2. The summed E-state index contributed by atoms with van der Waals surface area (Å²) in [6.45, 7) is 4.43. The van der Waals surface area contributed by atoms with E-state index >= 15 is 0 Å². The third-order valence-corrected chi connectivity index (χ3v) is 56.8. The van der Waals surface area contributed by atoms with Crippen LogP contribution in [0.1, 0.15) is 25.0 Å². The van der Waals surface area contributed by atoms with Crippen LogP contribution in [0.25, 0.3) is 65.3 Å². The molecule has 0 aromatic heterocycles. The number of halogens is 2. The zero-order chi connectivity index (χ0) is 33.6. The van der Waals surface area contributed by atoms with Gasteiger partial charge in [-0.15, -0.1) is 69.1 Å². The zero-order valence-corrected chi connectivity index (χ0v) is 35.2. The molecule has 0 N–H and O–H groups in total. The molecule has 8 aromatic carbocycles. The zero-order valence-electron chi connectivity index (χ0n) is 28.0. The van der Waals surface area contributed by atoms with Gasteiger partial charge in [0.2, 0.25) is 0 Å². The second kappa shape index (κ2) is 16.2. The number of hydrogen-bond acceptors (Lipinski definition) is 0. The van der Waals surface area contributed by atoms with Gasteiger partial charge in [0.05, 0.1) is 0 Å². The summed E-state index contributed by atoms with van der Waals surface area (Å²) in [5.41, 5.74) is 8.15. The van der Waals surface area contributed by atoms with Crippen LogP contribution in [0.15, 0.2) is 146 Å². The number of hydrogen-bond donors (Lipinski definition) is 0.